The molecular formula is C14H26N4O2. The van der Waals surface area contributed by atoms with Gasteiger partial charge in [-0.3, -0.25) is 4.79 Å². The van der Waals surface area contributed by atoms with Crippen molar-refractivity contribution >= 4 is 11.9 Å². The summed E-state index contributed by atoms with van der Waals surface area (Å²) in [5.41, 5.74) is 0. The van der Waals surface area contributed by atoms with Crippen molar-refractivity contribution < 1.29 is 9.59 Å². The van der Waals surface area contributed by atoms with Crippen LogP contribution >= 0.6 is 0 Å². The van der Waals surface area contributed by atoms with Crippen LogP contribution in [0.2, 0.25) is 0 Å². The number of nitrogens with zero attached hydrogens (tertiary/aromatic N) is 2. The fourth-order valence-corrected chi connectivity index (χ4v) is 2.99. The van der Waals surface area contributed by atoms with Crippen LogP contribution in [0.15, 0.2) is 0 Å². The maximum Gasteiger partial charge on any atom is 0.317 e. The Bertz CT molecular complexity index is 353. The molecule has 2 saturated heterocycles. The van der Waals surface area contributed by atoms with E-state index < -0.39 is 0 Å². The number of piperidine rings is 1. The second-order valence-electron chi connectivity index (χ2n) is 5.69. The molecule has 0 spiro atoms. The molecule has 6 nitrogen and oxygen atoms in total. The number of carbonyl (C=O) groups is 2. The molecule has 2 rings (SSSR count). The lowest BCUT2D eigenvalue weighted by Crippen LogP contribution is -2.49. The van der Waals surface area contributed by atoms with Gasteiger partial charge in [-0.25, -0.2) is 4.79 Å². The van der Waals surface area contributed by atoms with Gasteiger partial charge >= 0.3 is 6.03 Å². The van der Waals surface area contributed by atoms with Crippen LogP contribution in [-0.4, -0.2) is 67.0 Å². The van der Waals surface area contributed by atoms with Crippen LogP contribution in [-0.2, 0) is 4.79 Å². The molecule has 1 atom stereocenters. The molecule has 0 saturated carbocycles. The van der Waals surface area contributed by atoms with Crippen LogP contribution in [0.1, 0.15) is 26.7 Å². The van der Waals surface area contributed by atoms with Gasteiger partial charge in [0, 0.05) is 44.7 Å². The molecule has 0 aliphatic carbocycles. The first kappa shape index (κ1) is 15.1. The Balaban J connectivity index is 1.78. The third-order valence-electron chi connectivity index (χ3n) is 4.23. The molecule has 2 heterocycles. The number of amides is 3. The number of hydrogen-bond donors (Lipinski definition) is 2. The molecule has 2 N–H and O–H groups in total. The summed E-state index contributed by atoms with van der Waals surface area (Å²) >= 11 is 0. The Kier molecular flexibility index (Phi) is 5.23. The van der Waals surface area contributed by atoms with E-state index in [2.05, 4.69) is 10.6 Å². The molecule has 0 aromatic carbocycles. The molecule has 114 valence electrons. The topological polar surface area (TPSA) is 64.7 Å². The highest BCUT2D eigenvalue weighted by atomic mass is 16.2. The van der Waals surface area contributed by atoms with Gasteiger partial charge in [0.15, 0.2) is 0 Å². The van der Waals surface area contributed by atoms with Crippen LogP contribution in [0.5, 0.6) is 0 Å². The van der Waals surface area contributed by atoms with Gasteiger partial charge in [0.05, 0.1) is 0 Å². The minimum atomic E-state index is 0.0292. The molecule has 0 aromatic rings. The van der Waals surface area contributed by atoms with E-state index >= 15 is 0 Å². The van der Waals surface area contributed by atoms with E-state index in [0.29, 0.717) is 6.04 Å². The van der Waals surface area contributed by atoms with E-state index in [1.54, 1.807) is 0 Å². The van der Waals surface area contributed by atoms with Gasteiger partial charge < -0.3 is 20.4 Å². The smallest absolute Gasteiger partial charge is 0.317 e. The first-order chi connectivity index (χ1) is 9.63. The van der Waals surface area contributed by atoms with Crippen molar-refractivity contribution in [3.05, 3.63) is 0 Å². The normalized spacial score (nSPS) is 22.0. The SMILES string of the molecule is CCNCC(C)C(=O)N1CCC(N2CCNC2=O)CC1. The fraction of sp³-hybridized carbons (Fsp3) is 0.857. The molecule has 0 aromatic heterocycles. The number of hydrogen-bond acceptors (Lipinski definition) is 3. The fourth-order valence-electron chi connectivity index (χ4n) is 2.99. The predicted molar refractivity (Wildman–Crippen MR) is 77.4 cm³/mol. The summed E-state index contributed by atoms with van der Waals surface area (Å²) in [6.07, 6.45) is 1.79. The van der Waals surface area contributed by atoms with E-state index in [0.717, 1.165) is 52.1 Å². The highest BCUT2D eigenvalue weighted by Crippen LogP contribution is 2.19. The monoisotopic (exact) mass is 282 g/mol. The molecule has 6 heteroatoms. The van der Waals surface area contributed by atoms with Crippen molar-refractivity contribution in [1.82, 2.24) is 20.4 Å². The van der Waals surface area contributed by atoms with Crippen molar-refractivity contribution in [3.8, 4) is 0 Å². The standard InChI is InChI=1S/C14H26N4O2/c1-3-15-10-11(2)13(19)17-7-4-12(5-8-17)18-9-6-16-14(18)20/h11-12,15H,3-10H2,1-2H3,(H,16,20). The van der Waals surface area contributed by atoms with Crippen molar-refractivity contribution in [2.75, 3.05) is 39.3 Å². The zero-order chi connectivity index (χ0) is 14.5. The Morgan fingerprint density at radius 2 is 2.10 bits per heavy atom. The van der Waals surface area contributed by atoms with Crippen molar-refractivity contribution in [3.63, 3.8) is 0 Å². The van der Waals surface area contributed by atoms with E-state index in [-0.39, 0.29) is 17.9 Å². The second kappa shape index (κ2) is 6.92. The summed E-state index contributed by atoms with van der Waals surface area (Å²) in [6.45, 7) is 8.74. The quantitative estimate of drug-likeness (QED) is 0.759. The zero-order valence-electron chi connectivity index (χ0n) is 12.5. The molecule has 0 radical (unpaired) electrons. The predicted octanol–water partition coefficient (Wildman–Crippen LogP) is 0.248. The summed E-state index contributed by atoms with van der Waals surface area (Å²) in [5, 5.41) is 6.06. The van der Waals surface area contributed by atoms with Crippen molar-refractivity contribution in [2.24, 2.45) is 5.92 Å². The summed E-state index contributed by atoms with van der Waals surface area (Å²) in [6, 6.07) is 0.348. The lowest BCUT2D eigenvalue weighted by molar-refractivity contribution is -0.136. The minimum absolute atomic E-state index is 0.0292. The number of likely N-dealkylation sites (tertiary alicyclic amines) is 1. The third-order valence-corrected chi connectivity index (χ3v) is 4.23. The minimum Gasteiger partial charge on any atom is -0.342 e. The Morgan fingerprint density at radius 1 is 1.40 bits per heavy atom. The van der Waals surface area contributed by atoms with Gasteiger partial charge in [0.2, 0.25) is 5.91 Å². The second-order valence-corrected chi connectivity index (χ2v) is 5.69. The molecule has 0 bridgehead atoms. The van der Waals surface area contributed by atoms with Crippen molar-refractivity contribution in [2.45, 2.75) is 32.7 Å². The van der Waals surface area contributed by atoms with E-state index in [9.17, 15) is 9.59 Å². The number of rotatable bonds is 5. The summed E-state index contributed by atoms with van der Waals surface area (Å²) < 4.78 is 0. The van der Waals surface area contributed by atoms with Crippen LogP contribution in [0.4, 0.5) is 4.79 Å². The Labute approximate surface area is 120 Å². The summed E-state index contributed by atoms with van der Waals surface area (Å²) in [7, 11) is 0. The maximum atomic E-state index is 12.3. The van der Waals surface area contributed by atoms with Gasteiger partial charge in [-0.05, 0) is 19.4 Å². The molecule has 3 amide bonds. The number of urea groups is 1. The average Bonchev–Trinajstić information content (AvgIpc) is 2.90. The number of nitrogens with one attached hydrogen (secondary N) is 2. The lowest BCUT2D eigenvalue weighted by atomic mass is 10.0. The van der Waals surface area contributed by atoms with Crippen molar-refractivity contribution in [1.29, 1.82) is 0 Å². The Hall–Kier alpha value is -1.30. The van der Waals surface area contributed by atoms with Gasteiger partial charge in [0.1, 0.15) is 0 Å². The molecule has 1 unspecified atom stereocenters. The van der Waals surface area contributed by atoms with Crippen LogP contribution in [0.3, 0.4) is 0 Å². The first-order valence-corrected chi connectivity index (χ1v) is 7.67. The molecule has 2 aliphatic rings. The third kappa shape index (κ3) is 3.42. The summed E-state index contributed by atoms with van der Waals surface area (Å²) in [4.78, 5) is 27.8. The molecule has 20 heavy (non-hydrogen) atoms. The maximum absolute atomic E-state index is 12.3. The van der Waals surface area contributed by atoms with Crippen LogP contribution in [0, 0.1) is 5.92 Å². The Morgan fingerprint density at radius 3 is 2.65 bits per heavy atom. The molecule has 2 aliphatic heterocycles. The largest absolute Gasteiger partial charge is 0.342 e. The van der Waals surface area contributed by atoms with Gasteiger partial charge in [-0.2, -0.15) is 0 Å². The van der Waals surface area contributed by atoms with E-state index in [4.69, 9.17) is 0 Å². The van der Waals surface area contributed by atoms with Gasteiger partial charge in [-0.1, -0.05) is 13.8 Å². The van der Waals surface area contributed by atoms with E-state index in [1.165, 1.54) is 0 Å². The molecular weight excluding hydrogens is 256 g/mol. The van der Waals surface area contributed by atoms with E-state index in [1.807, 2.05) is 23.6 Å². The van der Waals surface area contributed by atoms with Crippen LogP contribution in [0.25, 0.3) is 0 Å². The molecule has 2 fully saturated rings. The lowest BCUT2D eigenvalue weighted by Gasteiger charge is -2.37. The average molecular weight is 282 g/mol. The summed E-state index contributed by atoms with van der Waals surface area (Å²) in [5.74, 6) is 0.261. The highest BCUT2D eigenvalue weighted by molar-refractivity contribution is 5.79. The van der Waals surface area contributed by atoms with Gasteiger partial charge in [-0.15, -0.1) is 0 Å². The first-order valence-electron chi connectivity index (χ1n) is 7.67. The zero-order valence-corrected chi connectivity index (χ0v) is 12.5. The van der Waals surface area contributed by atoms with Gasteiger partial charge in [0.25, 0.3) is 0 Å². The highest BCUT2D eigenvalue weighted by Gasteiger charge is 2.32. The van der Waals surface area contributed by atoms with Crippen LogP contribution < -0.4 is 10.6 Å². The number of carbonyl (C=O) groups excluding carboxylic acids is 2.